The summed E-state index contributed by atoms with van der Waals surface area (Å²) >= 11 is 0. The van der Waals surface area contributed by atoms with Crippen LogP contribution in [0.5, 0.6) is 0 Å². The van der Waals surface area contributed by atoms with Crippen molar-refractivity contribution in [1.82, 2.24) is 19.9 Å². The normalized spacial score (nSPS) is 18.8. The third-order valence-electron chi connectivity index (χ3n) is 6.62. The van der Waals surface area contributed by atoms with Crippen LogP contribution in [-0.4, -0.2) is 51.9 Å². The minimum Gasteiger partial charge on any atom is -0.445 e. The Morgan fingerprint density at radius 1 is 1.09 bits per heavy atom. The average molecular weight is 464 g/mol. The van der Waals surface area contributed by atoms with E-state index < -0.39 is 0 Å². The molecule has 7 nitrogen and oxygen atoms in total. The van der Waals surface area contributed by atoms with Gasteiger partial charge >= 0.3 is 0 Å². The van der Waals surface area contributed by atoms with Gasteiger partial charge in [0.05, 0.1) is 12.1 Å². The van der Waals surface area contributed by atoms with Gasteiger partial charge in [-0.1, -0.05) is 12.1 Å². The summed E-state index contributed by atoms with van der Waals surface area (Å²) < 4.78 is 19.2. The number of hydrogen-bond acceptors (Lipinski definition) is 6. The Morgan fingerprint density at radius 3 is 2.68 bits per heavy atom. The third kappa shape index (κ3) is 5.11. The average Bonchev–Trinajstić information content (AvgIpc) is 3.34. The lowest BCUT2D eigenvalue weighted by Gasteiger charge is -2.31. The lowest BCUT2D eigenvalue weighted by molar-refractivity contribution is 0.0691. The molecule has 1 atom stereocenters. The molecule has 0 N–H and O–H groups in total. The number of piperidine rings is 2. The summed E-state index contributed by atoms with van der Waals surface area (Å²) in [5.74, 6) is 1.78. The minimum atomic E-state index is -0.254. The Labute approximate surface area is 199 Å². The van der Waals surface area contributed by atoms with Crippen molar-refractivity contribution in [1.29, 1.82) is 0 Å². The predicted octanol–water partition coefficient (Wildman–Crippen LogP) is 4.51. The molecule has 2 aliphatic heterocycles. The van der Waals surface area contributed by atoms with Crippen LogP contribution >= 0.6 is 0 Å². The van der Waals surface area contributed by atoms with Crippen LogP contribution in [0.1, 0.15) is 71.4 Å². The van der Waals surface area contributed by atoms with Gasteiger partial charge in [0, 0.05) is 38.3 Å². The second-order valence-electron chi connectivity index (χ2n) is 9.30. The molecule has 3 aromatic rings. The molecule has 2 aliphatic rings. The van der Waals surface area contributed by atoms with Gasteiger partial charge in [-0.25, -0.2) is 19.3 Å². The molecular weight excluding hydrogens is 433 g/mol. The molecule has 0 aliphatic carbocycles. The standard InChI is InChI=1S/C26H30FN5O2/c1-18-14-23(30-26(29-18)31-11-3-2-4-12-31)25(33)32-13-5-6-20(17-32)24-28-16-22(34-24)15-19-7-9-21(27)10-8-19/h7-10,14,16,20H,2-6,11-13,15,17H2,1H3/t20-/m0/s1. The number of likely N-dealkylation sites (tertiary alicyclic amines) is 1. The number of nitrogens with zero attached hydrogens (tertiary/aromatic N) is 5. The smallest absolute Gasteiger partial charge is 0.272 e. The van der Waals surface area contributed by atoms with E-state index in [1.165, 1.54) is 18.6 Å². The zero-order valence-corrected chi connectivity index (χ0v) is 19.5. The minimum absolute atomic E-state index is 0.0455. The van der Waals surface area contributed by atoms with Crippen LogP contribution in [-0.2, 0) is 6.42 Å². The van der Waals surface area contributed by atoms with Crippen molar-refractivity contribution in [3.8, 4) is 0 Å². The molecule has 34 heavy (non-hydrogen) atoms. The Balaban J connectivity index is 1.27. The van der Waals surface area contributed by atoms with E-state index in [-0.39, 0.29) is 17.6 Å². The number of aromatic nitrogens is 3. The van der Waals surface area contributed by atoms with E-state index in [0.717, 1.165) is 55.8 Å². The Hall–Kier alpha value is -3.29. The van der Waals surface area contributed by atoms with Gasteiger partial charge in [-0.05, 0) is 62.8 Å². The summed E-state index contributed by atoms with van der Waals surface area (Å²) in [5, 5.41) is 0. The summed E-state index contributed by atoms with van der Waals surface area (Å²) in [6.07, 6.45) is 7.59. The van der Waals surface area contributed by atoms with Gasteiger partial charge in [-0.15, -0.1) is 0 Å². The zero-order chi connectivity index (χ0) is 23.5. The molecule has 0 radical (unpaired) electrons. The molecular formula is C26H30FN5O2. The number of oxazole rings is 1. The first-order chi connectivity index (χ1) is 16.5. The highest BCUT2D eigenvalue weighted by Gasteiger charge is 2.29. The highest BCUT2D eigenvalue weighted by Crippen LogP contribution is 2.28. The summed E-state index contributed by atoms with van der Waals surface area (Å²) in [6.45, 7) is 5.04. The van der Waals surface area contributed by atoms with Gasteiger partial charge in [0.2, 0.25) is 5.95 Å². The molecule has 0 bridgehead atoms. The van der Waals surface area contributed by atoms with Gasteiger partial charge in [-0.2, -0.15) is 0 Å². The van der Waals surface area contributed by atoms with Crippen LogP contribution < -0.4 is 4.90 Å². The Morgan fingerprint density at radius 2 is 1.88 bits per heavy atom. The molecule has 1 amide bonds. The molecule has 2 saturated heterocycles. The van der Waals surface area contributed by atoms with Gasteiger partial charge in [0.15, 0.2) is 5.89 Å². The fraction of sp³-hybridized carbons (Fsp3) is 0.462. The van der Waals surface area contributed by atoms with Crippen molar-refractivity contribution in [2.75, 3.05) is 31.1 Å². The molecule has 5 rings (SSSR count). The van der Waals surface area contributed by atoms with Gasteiger partial charge in [0.25, 0.3) is 5.91 Å². The first-order valence-electron chi connectivity index (χ1n) is 12.1. The zero-order valence-electron chi connectivity index (χ0n) is 19.5. The molecule has 1 aromatic carbocycles. The highest BCUT2D eigenvalue weighted by molar-refractivity contribution is 5.92. The summed E-state index contributed by atoms with van der Waals surface area (Å²) in [7, 11) is 0. The molecule has 2 aromatic heterocycles. The highest BCUT2D eigenvalue weighted by atomic mass is 19.1. The summed E-state index contributed by atoms with van der Waals surface area (Å²) in [4.78, 5) is 31.1. The first-order valence-corrected chi connectivity index (χ1v) is 12.1. The number of hydrogen-bond donors (Lipinski definition) is 0. The number of aryl methyl sites for hydroxylation is 1. The van der Waals surface area contributed by atoms with Crippen LogP contribution in [0.15, 0.2) is 40.9 Å². The van der Waals surface area contributed by atoms with E-state index in [2.05, 4.69) is 19.9 Å². The Bertz CT molecular complexity index is 1140. The van der Waals surface area contributed by atoms with E-state index >= 15 is 0 Å². The SMILES string of the molecule is Cc1cc(C(=O)N2CCC[C@H](c3ncc(Cc4ccc(F)cc4)o3)C2)nc(N2CCCCC2)n1. The van der Waals surface area contributed by atoms with Gasteiger partial charge in [0.1, 0.15) is 17.3 Å². The van der Waals surface area contributed by atoms with Crippen molar-refractivity contribution in [2.24, 2.45) is 0 Å². The quantitative estimate of drug-likeness (QED) is 0.554. The van der Waals surface area contributed by atoms with Crippen molar-refractivity contribution >= 4 is 11.9 Å². The van der Waals surface area contributed by atoms with E-state index in [0.29, 0.717) is 37.0 Å². The second kappa shape index (κ2) is 9.91. The van der Waals surface area contributed by atoms with Gasteiger partial charge < -0.3 is 14.2 Å². The number of amides is 1. The van der Waals surface area contributed by atoms with Crippen LogP contribution in [0.2, 0.25) is 0 Å². The molecule has 178 valence electrons. The molecule has 0 saturated carbocycles. The lowest BCUT2D eigenvalue weighted by atomic mass is 9.97. The van der Waals surface area contributed by atoms with Crippen molar-refractivity contribution in [3.63, 3.8) is 0 Å². The maximum atomic E-state index is 13.4. The fourth-order valence-corrected chi connectivity index (χ4v) is 4.82. The van der Waals surface area contributed by atoms with Crippen LogP contribution in [0.3, 0.4) is 0 Å². The number of anilines is 1. The van der Waals surface area contributed by atoms with Crippen molar-refractivity contribution in [3.05, 3.63) is 70.9 Å². The predicted molar refractivity (Wildman–Crippen MR) is 126 cm³/mol. The third-order valence-corrected chi connectivity index (χ3v) is 6.62. The van der Waals surface area contributed by atoms with Crippen molar-refractivity contribution < 1.29 is 13.6 Å². The van der Waals surface area contributed by atoms with Crippen LogP contribution in [0.4, 0.5) is 10.3 Å². The van der Waals surface area contributed by atoms with E-state index in [9.17, 15) is 9.18 Å². The van der Waals surface area contributed by atoms with Crippen LogP contribution in [0.25, 0.3) is 0 Å². The molecule has 0 spiro atoms. The molecule has 0 unspecified atom stereocenters. The van der Waals surface area contributed by atoms with Gasteiger partial charge in [-0.3, -0.25) is 4.79 Å². The first kappa shape index (κ1) is 22.5. The number of carbonyl (C=O) groups excluding carboxylic acids is 1. The van der Waals surface area contributed by atoms with E-state index in [1.807, 2.05) is 11.8 Å². The fourth-order valence-electron chi connectivity index (χ4n) is 4.82. The molecule has 4 heterocycles. The van der Waals surface area contributed by atoms with E-state index in [1.54, 1.807) is 24.4 Å². The maximum Gasteiger partial charge on any atom is 0.272 e. The topological polar surface area (TPSA) is 75.4 Å². The Kier molecular flexibility index (Phi) is 6.56. The summed E-state index contributed by atoms with van der Waals surface area (Å²) in [6, 6.07) is 8.18. The second-order valence-corrected chi connectivity index (χ2v) is 9.30. The molecule has 8 heteroatoms. The molecule has 2 fully saturated rings. The lowest BCUT2D eigenvalue weighted by Crippen LogP contribution is -2.40. The largest absolute Gasteiger partial charge is 0.445 e. The maximum absolute atomic E-state index is 13.4. The number of benzene rings is 1. The summed E-state index contributed by atoms with van der Waals surface area (Å²) in [5.41, 5.74) is 2.23. The van der Waals surface area contributed by atoms with Crippen LogP contribution in [0, 0.1) is 12.7 Å². The number of halogens is 1. The monoisotopic (exact) mass is 463 g/mol. The van der Waals surface area contributed by atoms with E-state index in [4.69, 9.17) is 4.42 Å². The number of carbonyl (C=O) groups is 1. The number of rotatable bonds is 5. The van der Waals surface area contributed by atoms with Crippen molar-refractivity contribution in [2.45, 2.75) is 51.4 Å².